The van der Waals surface area contributed by atoms with Crippen molar-refractivity contribution in [3.8, 4) is 0 Å². The lowest BCUT2D eigenvalue weighted by Crippen LogP contribution is -2.36. The smallest absolute Gasteiger partial charge is 0.412 e. The van der Waals surface area contributed by atoms with E-state index in [1.54, 1.807) is 0 Å². The van der Waals surface area contributed by atoms with Gasteiger partial charge in [0.15, 0.2) is 35.7 Å². The van der Waals surface area contributed by atoms with Gasteiger partial charge in [0, 0.05) is 0 Å². The molecular formula is C30H44F2N6O12. The molecule has 4 heterocycles. The number of aliphatic hydroxyl groups is 4. The second-order valence-electron chi connectivity index (χ2n) is 11.6. The molecule has 280 valence electrons. The van der Waals surface area contributed by atoms with Crippen LogP contribution in [-0.4, -0.2) is 102 Å². The molecule has 2 aromatic rings. The van der Waals surface area contributed by atoms with Gasteiger partial charge in [0.2, 0.25) is 0 Å². The Kier molecular flexibility index (Phi) is 15.2. The summed E-state index contributed by atoms with van der Waals surface area (Å²) in [6.45, 7) is 7.37. The van der Waals surface area contributed by atoms with Crippen LogP contribution in [-0.2, 0) is 18.9 Å². The van der Waals surface area contributed by atoms with Crippen LogP contribution in [0.1, 0.15) is 78.7 Å². The highest BCUT2D eigenvalue weighted by Crippen LogP contribution is 2.29. The third kappa shape index (κ3) is 10.5. The molecule has 18 nitrogen and oxygen atoms in total. The van der Waals surface area contributed by atoms with Crippen LogP contribution in [0.15, 0.2) is 22.0 Å². The predicted octanol–water partition coefficient (Wildman–Crippen LogP) is 1.52. The number of rotatable bonds is 12. The molecule has 0 radical (unpaired) electrons. The number of hydrogen-bond acceptors (Lipinski definition) is 14. The van der Waals surface area contributed by atoms with Gasteiger partial charge in [-0.05, 0) is 26.7 Å². The van der Waals surface area contributed by atoms with Crippen molar-refractivity contribution in [3.05, 3.63) is 45.0 Å². The van der Waals surface area contributed by atoms with Crippen molar-refractivity contribution in [2.45, 2.75) is 115 Å². The van der Waals surface area contributed by atoms with E-state index in [0.29, 0.717) is 12.8 Å². The Bertz CT molecular complexity index is 1450. The molecule has 0 bridgehead atoms. The topological polar surface area (TPSA) is 246 Å². The van der Waals surface area contributed by atoms with Crippen molar-refractivity contribution in [2.75, 3.05) is 23.8 Å². The first-order valence-corrected chi connectivity index (χ1v) is 16.2. The number of ether oxygens (including phenoxy) is 4. The number of anilines is 2. The number of carbonyl (C=O) groups is 2. The molecule has 4 rings (SSSR count). The summed E-state index contributed by atoms with van der Waals surface area (Å²) in [5, 5.41) is 43.2. The van der Waals surface area contributed by atoms with Crippen molar-refractivity contribution in [2.24, 2.45) is 0 Å². The molecule has 0 unspecified atom stereocenters. The Balaban J connectivity index is 0.000000270. The molecule has 2 aliphatic heterocycles. The molecular weight excluding hydrogens is 674 g/mol. The Morgan fingerprint density at radius 3 is 1.38 bits per heavy atom. The van der Waals surface area contributed by atoms with E-state index in [9.17, 15) is 48.4 Å². The van der Waals surface area contributed by atoms with Crippen LogP contribution in [0.25, 0.3) is 0 Å². The van der Waals surface area contributed by atoms with Crippen LogP contribution in [0.2, 0.25) is 0 Å². The summed E-state index contributed by atoms with van der Waals surface area (Å²) in [7, 11) is 0. The minimum Gasteiger partial charge on any atom is -0.449 e. The van der Waals surface area contributed by atoms with Crippen molar-refractivity contribution in [1.82, 2.24) is 19.1 Å². The van der Waals surface area contributed by atoms with E-state index in [4.69, 9.17) is 18.9 Å². The number of aromatic nitrogens is 4. The molecule has 0 saturated carbocycles. The maximum absolute atomic E-state index is 14.1. The van der Waals surface area contributed by atoms with Crippen LogP contribution in [0.4, 0.5) is 30.0 Å². The molecule has 2 saturated heterocycles. The van der Waals surface area contributed by atoms with Gasteiger partial charge in [-0.25, -0.2) is 28.0 Å². The van der Waals surface area contributed by atoms with Crippen molar-refractivity contribution >= 4 is 23.8 Å². The van der Waals surface area contributed by atoms with Crippen molar-refractivity contribution < 1.29 is 57.7 Å². The van der Waals surface area contributed by atoms with E-state index in [2.05, 4.69) is 20.6 Å². The molecule has 20 heteroatoms. The zero-order valence-electron chi connectivity index (χ0n) is 28.0. The number of amides is 2. The summed E-state index contributed by atoms with van der Waals surface area (Å²) in [5.41, 5.74) is -1.90. The average Bonchev–Trinajstić information content (AvgIpc) is 3.48. The van der Waals surface area contributed by atoms with Gasteiger partial charge in [0.25, 0.3) is 0 Å². The Labute approximate surface area is 285 Å². The molecule has 50 heavy (non-hydrogen) atoms. The van der Waals surface area contributed by atoms with Crippen LogP contribution < -0.4 is 22.0 Å². The standard InChI is InChI=1S/2C15H22FN3O6/c2*1-3-4-5-6-24-15(23)18-12-9(16)7-19(14(22)17-12)13-11(21)10(20)8(2)25-13/h2*7-8,10-11,13,20-21H,3-6H2,1-2H3,(H,17,18,22,23)/t2*8-,10-,11-,13-/m11/s1. The maximum atomic E-state index is 14.1. The van der Waals surface area contributed by atoms with E-state index >= 15 is 0 Å². The molecule has 2 fully saturated rings. The SMILES string of the molecule is CCCCCOC(=O)Nc1nc(=O)n([C@@H]2O[C@H](C)[C@@H](O)[C@H]2O)cc1F.CCCCCOC(=O)Nc1nc(=O)n([C@@H]2O[C@H](C)[C@@H](O)[C@H]2O)cc1F. The highest BCUT2D eigenvalue weighted by Gasteiger charge is 2.43. The van der Waals surface area contributed by atoms with Crippen LogP contribution in [0, 0.1) is 11.6 Å². The van der Waals surface area contributed by atoms with E-state index in [0.717, 1.165) is 47.2 Å². The first kappa shape index (κ1) is 40.4. The number of nitrogens with one attached hydrogen (secondary N) is 2. The first-order chi connectivity index (χ1) is 23.7. The molecule has 2 aromatic heterocycles. The van der Waals surface area contributed by atoms with Crippen molar-refractivity contribution in [1.29, 1.82) is 0 Å². The van der Waals surface area contributed by atoms with Crippen LogP contribution in [0.5, 0.6) is 0 Å². The summed E-state index contributed by atoms with van der Waals surface area (Å²) in [5.74, 6) is -3.17. The van der Waals surface area contributed by atoms with Gasteiger partial charge in [-0.2, -0.15) is 9.97 Å². The second kappa shape index (κ2) is 18.8. The monoisotopic (exact) mass is 718 g/mol. The van der Waals surface area contributed by atoms with Gasteiger partial charge in [0.1, 0.15) is 24.4 Å². The maximum Gasteiger partial charge on any atom is 0.412 e. The number of carbonyl (C=O) groups excluding carboxylic acids is 2. The van der Waals surface area contributed by atoms with Gasteiger partial charge in [-0.1, -0.05) is 39.5 Å². The Hall–Kier alpha value is -4.08. The molecule has 2 amide bonds. The predicted molar refractivity (Wildman–Crippen MR) is 169 cm³/mol. The molecule has 6 N–H and O–H groups in total. The summed E-state index contributed by atoms with van der Waals surface area (Å²) >= 11 is 0. The lowest BCUT2D eigenvalue weighted by Gasteiger charge is -2.17. The number of halogens is 2. The highest BCUT2D eigenvalue weighted by molar-refractivity contribution is 5.83. The fraction of sp³-hybridized carbons (Fsp3) is 0.667. The van der Waals surface area contributed by atoms with Gasteiger partial charge in [-0.3, -0.25) is 19.8 Å². The van der Waals surface area contributed by atoms with Gasteiger partial charge in [-0.15, -0.1) is 0 Å². The summed E-state index contributed by atoms with van der Waals surface area (Å²) in [6, 6.07) is 0. The summed E-state index contributed by atoms with van der Waals surface area (Å²) < 4.78 is 49.9. The highest BCUT2D eigenvalue weighted by atomic mass is 19.1. The van der Waals surface area contributed by atoms with E-state index in [1.165, 1.54) is 13.8 Å². The van der Waals surface area contributed by atoms with Gasteiger partial charge in [0.05, 0.1) is 37.8 Å². The minimum atomic E-state index is -1.41. The molecule has 0 spiro atoms. The Morgan fingerprint density at radius 2 is 1.08 bits per heavy atom. The molecule has 0 aromatic carbocycles. The van der Waals surface area contributed by atoms with E-state index in [-0.39, 0.29) is 13.2 Å². The first-order valence-electron chi connectivity index (χ1n) is 16.2. The number of nitrogens with zero attached hydrogens (tertiary/aromatic N) is 4. The average molecular weight is 719 g/mol. The third-order valence-corrected chi connectivity index (χ3v) is 7.72. The van der Waals surface area contributed by atoms with Crippen LogP contribution >= 0.6 is 0 Å². The molecule has 0 aliphatic carbocycles. The lowest BCUT2D eigenvalue weighted by atomic mass is 10.1. The fourth-order valence-electron chi connectivity index (χ4n) is 4.84. The number of aliphatic hydroxyl groups excluding tert-OH is 4. The summed E-state index contributed by atoms with van der Waals surface area (Å²) in [4.78, 5) is 54.1. The second-order valence-corrected chi connectivity index (χ2v) is 11.6. The quantitative estimate of drug-likeness (QED) is 0.171. The van der Waals surface area contributed by atoms with Gasteiger partial charge >= 0.3 is 23.6 Å². The normalized spacial score (nSPS) is 25.8. The lowest BCUT2D eigenvalue weighted by molar-refractivity contribution is -0.0355. The number of unbranched alkanes of at least 4 members (excludes halogenated alkanes) is 4. The largest absolute Gasteiger partial charge is 0.449 e. The Morgan fingerprint density at radius 1 is 0.720 bits per heavy atom. The van der Waals surface area contributed by atoms with Gasteiger partial charge < -0.3 is 39.4 Å². The zero-order chi connectivity index (χ0) is 37.1. The number of hydrogen-bond donors (Lipinski definition) is 6. The molecule has 2 aliphatic rings. The molecule has 8 atom stereocenters. The van der Waals surface area contributed by atoms with Crippen LogP contribution in [0.3, 0.4) is 0 Å². The third-order valence-electron chi connectivity index (χ3n) is 7.72. The van der Waals surface area contributed by atoms with E-state index < -0.39 is 95.9 Å². The fourth-order valence-corrected chi connectivity index (χ4v) is 4.84. The minimum absolute atomic E-state index is 0.177. The van der Waals surface area contributed by atoms with Crippen molar-refractivity contribution in [3.63, 3.8) is 0 Å². The zero-order valence-corrected chi connectivity index (χ0v) is 28.0. The summed E-state index contributed by atoms with van der Waals surface area (Å²) in [6.07, 6.45) is -4.50. The van der Waals surface area contributed by atoms with E-state index in [1.807, 2.05) is 13.8 Å².